The van der Waals surface area contributed by atoms with Crippen molar-refractivity contribution in [3.63, 3.8) is 0 Å². The highest BCUT2D eigenvalue weighted by atomic mass is 16.5. The van der Waals surface area contributed by atoms with E-state index < -0.39 is 0 Å². The number of allylic oxidation sites excluding steroid dienone is 1. The molecule has 0 spiro atoms. The number of nitrogens with zero attached hydrogens (tertiary/aromatic N) is 1. The van der Waals surface area contributed by atoms with E-state index in [4.69, 9.17) is 4.74 Å². The lowest BCUT2D eigenvalue weighted by molar-refractivity contribution is -0.136. The van der Waals surface area contributed by atoms with Crippen LogP contribution in [0, 0.1) is 30.6 Å². The molecular weight excluding hydrogens is 376 g/mol. The van der Waals surface area contributed by atoms with Crippen LogP contribution < -0.4 is 5.32 Å². The number of hydrogen-bond acceptors (Lipinski definition) is 3. The topological polar surface area (TPSA) is 58.6 Å². The Bertz CT molecular complexity index is 763. The number of morpholine rings is 1. The van der Waals surface area contributed by atoms with E-state index in [1.807, 2.05) is 36.1 Å². The first-order valence-corrected chi connectivity index (χ1v) is 11.2. The summed E-state index contributed by atoms with van der Waals surface area (Å²) in [6.07, 6.45) is 3.88. The highest BCUT2D eigenvalue weighted by Crippen LogP contribution is 2.39. The molecule has 5 heteroatoms. The van der Waals surface area contributed by atoms with E-state index in [9.17, 15) is 9.59 Å². The van der Waals surface area contributed by atoms with Crippen molar-refractivity contribution in [2.45, 2.75) is 40.5 Å². The zero-order valence-electron chi connectivity index (χ0n) is 18.8. The van der Waals surface area contributed by atoms with Crippen LogP contribution in [0.2, 0.25) is 0 Å². The van der Waals surface area contributed by atoms with Crippen molar-refractivity contribution >= 4 is 11.8 Å². The van der Waals surface area contributed by atoms with E-state index in [1.165, 1.54) is 5.57 Å². The maximum absolute atomic E-state index is 12.8. The summed E-state index contributed by atoms with van der Waals surface area (Å²) in [7, 11) is 0. The lowest BCUT2D eigenvalue weighted by atomic mass is 9.69. The standard InChI is InChI=1S/C25H36N2O3/c1-17(2)23-14-21(15-24(28)27-9-11-30-12-10-27)19(4)13-22(23)16-26-25(29)20-7-5-18(3)6-8-20/h5-8,13,17,21-23H,9-12,14-16H2,1-4H3,(H,26,29)/t21-,22-,23-/m0/s1. The molecule has 1 saturated heterocycles. The van der Waals surface area contributed by atoms with Gasteiger partial charge in [-0.05, 0) is 56.1 Å². The monoisotopic (exact) mass is 412 g/mol. The Labute approximate surface area is 180 Å². The Morgan fingerprint density at radius 2 is 1.80 bits per heavy atom. The third-order valence-corrected chi connectivity index (χ3v) is 6.68. The molecule has 0 radical (unpaired) electrons. The smallest absolute Gasteiger partial charge is 0.251 e. The minimum atomic E-state index is -0.0202. The van der Waals surface area contributed by atoms with Crippen molar-refractivity contribution in [1.82, 2.24) is 10.2 Å². The van der Waals surface area contributed by atoms with E-state index in [0.717, 1.165) is 12.0 Å². The molecule has 1 fully saturated rings. The molecule has 0 aromatic heterocycles. The Balaban J connectivity index is 1.62. The van der Waals surface area contributed by atoms with Gasteiger partial charge in [0, 0.05) is 31.6 Å². The second-order valence-electron chi connectivity index (χ2n) is 9.19. The number of nitrogens with one attached hydrogen (secondary N) is 1. The molecule has 1 aliphatic carbocycles. The van der Waals surface area contributed by atoms with Gasteiger partial charge in [0.15, 0.2) is 0 Å². The van der Waals surface area contributed by atoms with Gasteiger partial charge in [0.25, 0.3) is 5.91 Å². The zero-order valence-corrected chi connectivity index (χ0v) is 18.8. The predicted octanol–water partition coefficient (Wildman–Crippen LogP) is 3.83. The van der Waals surface area contributed by atoms with Gasteiger partial charge in [-0.1, -0.05) is 43.2 Å². The number of amides is 2. The van der Waals surface area contributed by atoms with Crippen LogP contribution >= 0.6 is 0 Å². The minimum absolute atomic E-state index is 0.0202. The Hall–Kier alpha value is -2.14. The maximum Gasteiger partial charge on any atom is 0.251 e. The van der Waals surface area contributed by atoms with E-state index in [-0.39, 0.29) is 17.7 Å². The average molecular weight is 413 g/mol. The van der Waals surface area contributed by atoms with E-state index in [0.29, 0.717) is 62.6 Å². The minimum Gasteiger partial charge on any atom is -0.378 e. The molecule has 3 atom stereocenters. The molecule has 1 aliphatic heterocycles. The first kappa shape index (κ1) is 22.5. The molecular formula is C25H36N2O3. The number of hydrogen-bond donors (Lipinski definition) is 1. The summed E-state index contributed by atoms with van der Waals surface area (Å²) in [6, 6.07) is 7.68. The van der Waals surface area contributed by atoms with Crippen LogP contribution in [0.25, 0.3) is 0 Å². The number of carbonyl (C=O) groups excluding carboxylic acids is 2. The molecule has 0 saturated carbocycles. The van der Waals surface area contributed by atoms with Crippen molar-refractivity contribution in [3.05, 3.63) is 47.0 Å². The Morgan fingerprint density at radius 1 is 1.13 bits per heavy atom. The van der Waals surface area contributed by atoms with Crippen molar-refractivity contribution in [2.24, 2.45) is 23.7 Å². The van der Waals surface area contributed by atoms with E-state index >= 15 is 0 Å². The SMILES string of the molecule is CC1=C[C@@H](CNC(=O)c2ccc(C)cc2)[C@H](C(C)C)C[C@H]1CC(=O)N1CCOCC1. The molecule has 1 N–H and O–H groups in total. The lowest BCUT2D eigenvalue weighted by Gasteiger charge is -2.38. The Kier molecular flexibility index (Phi) is 7.70. The predicted molar refractivity (Wildman–Crippen MR) is 119 cm³/mol. The molecule has 2 amide bonds. The third kappa shape index (κ3) is 5.72. The largest absolute Gasteiger partial charge is 0.378 e. The lowest BCUT2D eigenvalue weighted by Crippen LogP contribution is -2.42. The van der Waals surface area contributed by atoms with Gasteiger partial charge in [-0.25, -0.2) is 0 Å². The van der Waals surface area contributed by atoms with Crippen LogP contribution in [0.5, 0.6) is 0 Å². The molecule has 1 aromatic carbocycles. The number of ether oxygens (including phenoxy) is 1. The van der Waals surface area contributed by atoms with Crippen molar-refractivity contribution in [2.75, 3.05) is 32.8 Å². The number of benzene rings is 1. The highest BCUT2D eigenvalue weighted by molar-refractivity contribution is 5.94. The average Bonchev–Trinajstić information content (AvgIpc) is 2.74. The number of carbonyl (C=O) groups is 2. The highest BCUT2D eigenvalue weighted by Gasteiger charge is 2.33. The van der Waals surface area contributed by atoms with Crippen molar-refractivity contribution in [3.8, 4) is 0 Å². The fraction of sp³-hybridized carbons (Fsp3) is 0.600. The summed E-state index contributed by atoms with van der Waals surface area (Å²) in [5.41, 5.74) is 3.13. The molecule has 164 valence electrons. The molecule has 3 rings (SSSR count). The summed E-state index contributed by atoms with van der Waals surface area (Å²) < 4.78 is 5.37. The van der Waals surface area contributed by atoms with Gasteiger partial charge >= 0.3 is 0 Å². The van der Waals surface area contributed by atoms with Crippen LogP contribution in [0.15, 0.2) is 35.9 Å². The first-order valence-electron chi connectivity index (χ1n) is 11.2. The second kappa shape index (κ2) is 10.3. The Morgan fingerprint density at radius 3 is 2.43 bits per heavy atom. The van der Waals surface area contributed by atoms with E-state index in [1.54, 1.807) is 0 Å². The second-order valence-corrected chi connectivity index (χ2v) is 9.19. The zero-order chi connectivity index (χ0) is 21.7. The van der Waals surface area contributed by atoms with Crippen molar-refractivity contribution < 1.29 is 14.3 Å². The fourth-order valence-electron chi connectivity index (χ4n) is 4.68. The fourth-order valence-corrected chi connectivity index (χ4v) is 4.68. The van der Waals surface area contributed by atoms with Gasteiger partial charge in [-0.15, -0.1) is 0 Å². The maximum atomic E-state index is 12.8. The van der Waals surface area contributed by atoms with Crippen LogP contribution in [0.3, 0.4) is 0 Å². The van der Waals surface area contributed by atoms with Crippen LogP contribution in [0.1, 0.15) is 49.5 Å². The molecule has 0 bridgehead atoms. The summed E-state index contributed by atoms with van der Waals surface area (Å²) >= 11 is 0. The van der Waals surface area contributed by atoms with E-state index in [2.05, 4.69) is 32.2 Å². The summed E-state index contributed by atoms with van der Waals surface area (Å²) in [4.78, 5) is 27.2. The first-order chi connectivity index (χ1) is 14.3. The van der Waals surface area contributed by atoms with Crippen LogP contribution in [-0.2, 0) is 9.53 Å². The van der Waals surface area contributed by atoms with Crippen LogP contribution in [-0.4, -0.2) is 49.6 Å². The third-order valence-electron chi connectivity index (χ3n) is 6.68. The van der Waals surface area contributed by atoms with Gasteiger partial charge in [-0.3, -0.25) is 9.59 Å². The van der Waals surface area contributed by atoms with Gasteiger partial charge < -0.3 is 15.0 Å². The van der Waals surface area contributed by atoms with Gasteiger partial charge in [0.1, 0.15) is 0 Å². The molecule has 1 heterocycles. The van der Waals surface area contributed by atoms with Gasteiger partial charge in [0.05, 0.1) is 13.2 Å². The molecule has 1 aromatic rings. The van der Waals surface area contributed by atoms with Crippen LogP contribution in [0.4, 0.5) is 0 Å². The summed E-state index contributed by atoms with van der Waals surface area (Å²) in [6.45, 7) is 12.0. The molecule has 0 unspecified atom stereocenters. The molecule has 5 nitrogen and oxygen atoms in total. The molecule has 30 heavy (non-hydrogen) atoms. The van der Waals surface area contributed by atoms with Gasteiger partial charge in [-0.2, -0.15) is 0 Å². The van der Waals surface area contributed by atoms with Gasteiger partial charge in [0.2, 0.25) is 5.91 Å². The number of rotatable bonds is 6. The number of aryl methyl sites for hydroxylation is 1. The summed E-state index contributed by atoms with van der Waals surface area (Å²) in [5, 5.41) is 3.13. The summed E-state index contributed by atoms with van der Waals surface area (Å²) in [5.74, 6) is 1.76. The normalized spacial score (nSPS) is 24.5. The van der Waals surface area contributed by atoms with Crippen molar-refractivity contribution in [1.29, 1.82) is 0 Å². The quantitative estimate of drug-likeness (QED) is 0.723. The molecule has 2 aliphatic rings.